The van der Waals surface area contributed by atoms with Crippen LogP contribution in [0.15, 0.2) is 27.6 Å². The van der Waals surface area contributed by atoms with Crippen molar-refractivity contribution in [2.24, 2.45) is 11.3 Å². The van der Waals surface area contributed by atoms with Gasteiger partial charge in [-0.1, -0.05) is 27.7 Å². The number of carboxylic acid groups (broad SMARTS) is 1. The summed E-state index contributed by atoms with van der Waals surface area (Å²) in [5, 5.41) is 9.04. The lowest BCUT2D eigenvalue weighted by molar-refractivity contribution is 0.0695. The Morgan fingerprint density at radius 1 is 1.38 bits per heavy atom. The smallest absolute Gasteiger partial charge is 0.336 e. The summed E-state index contributed by atoms with van der Waals surface area (Å²) >= 11 is 3.09. The highest BCUT2D eigenvalue weighted by molar-refractivity contribution is 9.10. The molecule has 1 aromatic rings. The molecule has 1 rings (SSSR count). The van der Waals surface area contributed by atoms with E-state index in [0.29, 0.717) is 11.0 Å². The fourth-order valence-corrected chi connectivity index (χ4v) is 3.03. The minimum Gasteiger partial charge on any atom is -0.478 e. The number of aromatic carboxylic acids is 1. The van der Waals surface area contributed by atoms with E-state index in [1.165, 1.54) is 12.1 Å². The number of halogens is 1. The number of hydrogen-bond acceptors (Lipinski definition) is 3. The molecule has 0 aromatic heterocycles. The van der Waals surface area contributed by atoms with Gasteiger partial charge in [-0.15, -0.1) is 0 Å². The Labute approximate surface area is 133 Å². The molecule has 0 spiro atoms. The molecule has 118 valence electrons. The maximum Gasteiger partial charge on any atom is 0.336 e. The van der Waals surface area contributed by atoms with Gasteiger partial charge in [-0.2, -0.15) is 0 Å². The van der Waals surface area contributed by atoms with Crippen LogP contribution < -0.4 is 4.72 Å². The molecule has 0 aliphatic carbocycles. The Morgan fingerprint density at radius 3 is 2.43 bits per heavy atom. The average molecular weight is 378 g/mol. The second kappa shape index (κ2) is 6.46. The normalized spacial score (nSPS) is 14.0. The van der Waals surface area contributed by atoms with Crippen LogP contribution >= 0.6 is 15.9 Å². The molecule has 21 heavy (non-hydrogen) atoms. The number of nitrogens with one attached hydrogen (secondary N) is 1. The third kappa shape index (κ3) is 4.79. The lowest BCUT2D eigenvalue weighted by Gasteiger charge is -2.27. The molecule has 5 nitrogen and oxygen atoms in total. The van der Waals surface area contributed by atoms with Crippen LogP contribution in [0.5, 0.6) is 0 Å². The Hall–Kier alpha value is -0.920. The maximum absolute atomic E-state index is 12.2. The van der Waals surface area contributed by atoms with Crippen molar-refractivity contribution in [1.29, 1.82) is 0 Å². The van der Waals surface area contributed by atoms with Gasteiger partial charge in [0.05, 0.1) is 10.5 Å². The molecule has 0 fully saturated rings. The van der Waals surface area contributed by atoms with Crippen LogP contribution in [0.3, 0.4) is 0 Å². The van der Waals surface area contributed by atoms with Gasteiger partial charge in [0.25, 0.3) is 0 Å². The van der Waals surface area contributed by atoms with E-state index in [-0.39, 0.29) is 21.8 Å². The number of sulfonamides is 1. The van der Waals surface area contributed by atoms with Gasteiger partial charge >= 0.3 is 5.97 Å². The highest BCUT2D eigenvalue weighted by atomic mass is 79.9. The van der Waals surface area contributed by atoms with Crippen molar-refractivity contribution in [1.82, 2.24) is 4.72 Å². The molecular formula is C14H20BrNO4S. The van der Waals surface area contributed by atoms with Crippen molar-refractivity contribution in [2.45, 2.75) is 32.6 Å². The second-order valence-corrected chi connectivity index (χ2v) is 8.69. The Morgan fingerprint density at radius 2 is 1.95 bits per heavy atom. The molecule has 7 heteroatoms. The fourth-order valence-electron chi connectivity index (χ4n) is 1.46. The van der Waals surface area contributed by atoms with Gasteiger partial charge in [-0.3, -0.25) is 0 Å². The van der Waals surface area contributed by atoms with Gasteiger partial charge in [0.2, 0.25) is 10.0 Å². The van der Waals surface area contributed by atoms with Crippen molar-refractivity contribution < 1.29 is 18.3 Å². The SMILES string of the molecule is CC(CNS(=O)(=O)c1ccc(Br)c(C(=O)O)c1)C(C)(C)C. The lowest BCUT2D eigenvalue weighted by atomic mass is 9.82. The van der Waals surface area contributed by atoms with Crippen molar-refractivity contribution in [2.75, 3.05) is 6.54 Å². The van der Waals surface area contributed by atoms with E-state index in [1.54, 1.807) is 0 Å². The van der Waals surface area contributed by atoms with Crippen molar-refractivity contribution >= 4 is 31.9 Å². The van der Waals surface area contributed by atoms with Crippen molar-refractivity contribution in [3.05, 3.63) is 28.2 Å². The van der Waals surface area contributed by atoms with E-state index in [1.807, 2.05) is 27.7 Å². The van der Waals surface area contributed by atoms with Crippen molar-refractivity contribution in [3.8, 4) is 0 Å². The Kier molecular flexibility index (Phi) is 5.57. The first-order valence-electron chi connectivity index (χ1n) is 6.47. The first-order valence-corrected chi connectivity index (χ1v) is 8.75. The molecule has 2 N–H and O–H groups in total. The van der Waals surface area contributed by atoms with Crippen LogP contribution in [0.25, 0.3) is 0 Å². The standard InChI is InChI=1S/C14H20BrNO4S/c1-9(14(2,3)4)8-16-21(19,20)10-5-6-12(15)11(7-10)13(17)18/h5-7,9,16H,8H2,1-4H3,(H,17,18). The summed E-state index contributed by atoms with van der Waals surface area (Å²) in [5.74, 6) is -1.04. The molecular weight excluding hydrogens is 358 g/mol. The number of carboxylic acids is 1. The highest BCUT2D eigenvalue weighted by Gasteiger charge is 2.23. The predicted octanol–water partition coefficient (Wildman–Crippen LogP) is 3.11. The molecule has 1 unspecified atom stereocenters. The topological polar surface area (TPSA) is 83.5 Å². The summed E-state index contributed by atoms with van der Waals surface area (Å²) in [6.45, 7) is 8.37. The Balaban J connectivity index is 2.99. The largest absolute Gasteiger partial charge is 0.478 e. The van der Waals surface area contributed by atoms with E-state index in [0.717, 1.165) is 6.07 Å². The molecule has 1 aromatic carbocycles. The maximum atomic E-state index is 12.2. The molecule has 0 radical (unpaired) electrons. The summed E-state index contributed by atoms with van der Waals surface area (Å²) in [4.78, 5) is 11.0. The van der Waals surface area contributed by atoms with Gasteiger partial charge in [0.1, 0.15) is 0 Å². The van der Waals surface area contributed by atoms with E-state index >= 15 is 0 Å². The monoisotopic (exact) mass is 377 g/mol. The summed E-state index contributed by atoms with van der Waals surface area (Å²) in [7, 11) is -3.72. The quantitative estimate of drug-likeness (QED) is 0.825. The number of carbonyl (C=O) groups is 1. The third-order valence-corrected chi connectivity index (χ3v) is 5.65. The zero-order valence-corrected chi connectivity index (χ0v) is 14.9. The zero-order chi connectivity index (χ0) is 16.4. The summed E-state index contributed by atoms with van der Waals surface area (Å²) in [6.07, 6.45) is 0. The summed E-state index contributed by atoms with van der Waals surface area (Å²) in [6, 6.07) is 3.95. The molecule has 0 aliphatic rings. The van der Waals surface area contributed by atoms with Gasteiger partial charge in [0.15, 0.2) is 0 Å². The minimum atomic E-state index is -3.72. The molecule has 0 saturated heterocycles. The van der Waals surface area contributed by atoms with Crippen LogP contribution in [-0.4, -0.2) is 26.0 Å². The van der Waals surface area contributed by atoms with E-state index < -0.39 is 16.0 Å². The first-order chi connectivity index (χ1) is 9.45. The summed E-state index contributed by atoms with van der Waals surface area (Å²) in [5.41, 5.74) is -0.101. The van der Waals surface area contributed by atoms with Gasteiger partial charge in [0, 0.05) is 11.0 Å². The van der Waals surface area contributed by atoms with Crippen LogP contribution in [0, 0.1) is 11.3 Å². The second-order valence-electron chi connectivity index (χ2n) is 6.07. The summed E-state index contributed by atoms with van der Waals surface area (Å²) < 4.78 is 27.3. The lowest BCUT2D eigenvalue weighted by Crippen LogP contribution is -2.33. The van der Waals surface area contributed by atoms with E-state index in [2.05, 4.69) is 20.7 Å². The number of rotatable bonds is 5. The molecule has 0 saturated carbocycles. The average Bonchev–Trinajstić information content (AvgIpc) is 2.34. The number of hydrogen-bond donors (Lipinski definition) is 2. The van der Waals surface area contributed by atoms with Gasteiger partial charge in [-0.25, -0.2) is 17.9 Å². The fraction of sp³-hybridized carbons (Fsp3) is 0.500. The molecule has 0 aliphatic heterocycles. The van der Waals surface area contributed by atoms with Gasteiger partial charge in [-0.05, 0) is 45.5 Å². The third-order valence-electron chi connectivity index (χ3n) is 3.54. The molecule has 1 atom stereocenters. The molecule has 0 bridgehead atoms. The number of benzene rings is 1. The van der Waals surface area contributed by atoms with Crippen LogP contribution in [0.1, 0.15) is 38.1 Å². The Bertz CT molecular complexity index is 635. The van der Waals surface area contributed by atoms with Crippen LogP contribution in [-0.2, 0) is 10.0 Å². The van der Waals surface area contributed by atoms with Crippen molar-refractivity contribution in [3.63, 3.8) is 0 Å². The predicted molar refractivity (Wildman–Crippen MR) is 84.9 cm³/mol. The van der Waals surface area contributed by atoms with Crippen LogP contribution in [0.2, 0.25) is 0 Å². The van der Waals surface area contributed by atoms with E-state index in [9.17, 15) is 13.2 Å². The van der Waals surface area contributed by atoms with E-state index in [4.69, 9.17) is 5.11 Å². The zero-order valence-electron chi connectivity index (χ0n) is 12.5. The highest BCUT2D eigenvalue weighted by Crippen LogP contribution is 2.25. The first kappa shape index (κ1) is 18.1. The van der Waals surface area contributed by atoms with Crippen LogP contribution in [0.4, 0.5) is 0 Å². The van der Waals surface area contributed by atoms with Gasteiger partial charge < -0.3 is 5.11 Å². The molecule has 0 amide bonds. The minimum absolute atomic E-state index is 0.0194. The molecule has 0 heterocycles.